The van der Waals surface area contributed by atoms with Gasteiger partial charge in [-0.15, -0.1) is 0 Å². The fraction of sp³-hybridized carbons (Fsp3) is 0.0625. The third-order valence-corrected chi connectivity index (χ3v) is 3.59. The summed E-state index contributed by atoms with van der Waals surface area (Å²) in [7, 11) is 0. The molecule has 6 nitrogen and oxygen atoms in total. The van der Waals surface area contributed by atoms with E-state index in [1.54, 1.807) is 24.4 Å². The minimum Gasteiger partial charge on any atom is -0.508 e. The molecule has 0 saturated carbocycles. The normalized spacial score (nSPS) is 10.8. The van der Waals surface area contributed by atoms with E-state index in [0.29, 0.717) is 11.0 Å². The molecule has 0 atom stereocenters. The molecule has 0 aliphatic rings. The Hall–Kier alpha value is -3.15. The number of hydrogen-bond acceptors (Lipinski definition) is 5. The third-order valence-electron chi connectivity index (χ3n) is 3.59. The van der Waals surface area contributed by atoms with Gasteiger partial charge in [-0.2, -0.15) is 0 Å². The number of primary amides is 1. The highest BCUT2D eigenvalue weighted by atomic mass is 16.3. The number of carbonyl (C=O) groups is 1. The van der Waals surface area contributed by atoms with Crippen molar-refractivity contribution in [1.29, 1.82) is 0 Å². The molecule has 0 saturated heterocycles. The largest absolute Gasteiger partial charge is 0.508 e. The van der Waals surface area contributed by atoms with Crippen LogP contribution < -0.4 is 11.5 Å². The summed E-state index contributed by atoms with van der Waals surface area (Å²) in [5, 5.41) is 10.6. The minimum atomic E-state index is -0.694. The number of phenols is 1. The van der Waals surface area contributed by atoms with E-state index in [2.05, 4.69) is 9.97 Å². The van der Waals surface area contributed by atoms with Gasteiger partial charge in [-0.05, 0) is 41.8 Å². The number of phenolic OH excluding ortho intramolecular Hbond substituents is 1. The van der Waals surface area contributed by atoms with Crippen molar-refractivity contribution < 1.29 is 9.90 Å². The third kappa shape index (κ3) is 2.10. The molecule has 3 rings (SSSR count). The number of carbonyl (C=O) groups excluding carboxylic acids is 1. The van der Waals surface area contributed by atoms with E-state index < -0.39 is 5.91 Å². The molecule has 110 valence electrons. The standard InChI is InChI=1S/C16H14N4O2/c1-8-9(3-2-4-13(8)21)10-5-6-19-16-11(10)7-12(17)14(20-16)15(18)22/h2-7,21H,17H2,1H3,(H2,18,22). The summed E-state index contributed by atoms with van der Waals surface area (Å²) in [5.74, 6) is -0.489. The van der Waals surface area contributed by atoms with Gasteiger partial charge in [0.25, 0.3) is 5.91 Å². The predicted molar refractivity (Wildman–Crippen MR) is 84.3 cm³/mol. The number of amides is 1. The second-order valence-electron chi connectivity index (χ2n) is 4.97. The van der Waals surface area contributed by atoms with Crippen molar-refractivity contribution >= 4 is 22.6 Å². The average Bonchev–Trinajstić information content (AvgIpc) is 2.49. The summed E-state index contributed by atoms with van der Waals surface area (Å²) in [5.41, 5.74) is 14.1. The van der Waals surface area contributed by atoms with Crippen LogP contribution >= 0.6 is 0 Å². The van der Waals surface area contributed by atoms with Crippen LogP contribution in [0.4, 0.5) is 5.69 Å². The molecule has 0 aliphatic carbocycles. The van der Waals surface area contributed by atoms with Gasteiger partial charge in [0.05, 0.1) is 5.69 Å². The Kier molecular flexibility index (Phi) is 3.14. The number of nitrogen functional groups attached to an aromatic ring is 1. The fourth-order valence-corrected chi connectivity index (χ4v) is 2.44. The van der Waals surface area contributed by atoms with Crippen LogP contribution in [0.15, 0.2) is 36.5 Å². The molecule has 22 heavy (non-hydrogen) atoms. The highest BCUT2D eigenvalue weighted by Gasteiger charge is 2.14. The summed E-state index contributed by atoms with van der Waals surface area (Å²) in [4.78, 5) is 19.6. The first-order valence-electron chi connectivity index (χ1n) is 6.63. The zero-order chi connectivity index (χ0) is 15.9. The van der Waals surface area contributed by atoms with Crippen LogP contribution in [0.5, 0.6) is 5.75 Å². The van der Waals surface area contributed by atoms with Crippen LogP contribution in [0, 0.1) is 6.92 Å². The van der Waals surface area contributed by atoms with E-state index >= 15 is 0 Å². The Morgan fingerprint density at radius 1 is 1.23 bits per heavy atom. The molecule has 0 unspecified atom stereocenters. The van der Waals surface area contributed by atoms with Crippen molar-refractivity contribution in [3.05, 3.63) is 47.8 Å². The van der Waals surface area contributed by atoms with Gasteiger partial charge in [-0.1, -0.05) is 12.1 Å². The van der Waals surface area contributed by atoms with Crippen molar-refractivity contribution in [3.63, 3.8) is 0 Å². The van der Waals surface area contributed by atoms with Crippen LogP contribution in [0.2, 0.25) is 0 Å². The molecule has 0 spiro atoms. The second kappa shape index (κ2) is 5.00. The van der Waals surface area contributed by atoms with Crippen LogP contribution in [0.3, 0.4) is 0 Å². The van der Waals surface area contributed by atoms with E-state index in [0.717, 1.165) is 16.7 Å². The molecule has 0 aliphatic heterocycles. The van der Waals surface area contributed by atoms with Crippen LogP contribution in [0.1, 0.15) is 16.1 Å². The van der Waals surface area contributed by atoms with Gasteiger partial charge < -0.3 is 16.6 Å². The number of aromatic hydroxyl groups is 1. The average molecular weight is 294 g/mol. The van der Waals surface area contributed by atoms with Crippen molar-refractivity contribution in [2.75, 3.05) is 5.73 Å². The Balaban J connectivity index is 2.34. The first kappa shape index (κ1) is 13.8. The van der Waals surface area contributed by atoms with Gasteiger partial charge in [0.2, 0.25) is 0 Å². The van der Waals surface area contributed by atoms with E-state index in [1.807, 2.05) is 19.1 Å². The lowest BCUT2D eigenvalue weighted by atomic mass is 9.97. The van der Waals surface area contributed by atoms with Gasteiger partial charge in [-0.3, -0.25) is 4.79 Å². The van der Waals surface area contributed by atoms with Crippen LogP contribution in [0.25, 0.3) is 22.2 Å². The molecule has 1 amide bonds. The molecule has 2 aromatic heterocycles. The molecular formula is C16H14N4O2. The summed E-state index contributed by atoms with van der Waals surface area (Å²) < 4.78 is 0. The molecule has 0 fully saturated rings. The lowest BCUT2D eigenvalue weighted by Gasteiger charge is -2.11. The van der Waals surface area contributed by atoms with Crippen LogP contribution in [-0.2, 0) is 0 Å². The number of pyridine rings is 2. The maximum Gasteiger partial charge on any atom is 0.269 e. The quantitative estimate of drug-likeness (QED) is 0.668. The Morgan fingerprint density at radius 2 is 2.00 bits per heavy atom. The SMILES string of the molecule is Cc1c(O)cccc1-c1ccnc2nc(C(N)=O)c(N)cc12. The first-order valence-corrected chi connectivity index (χ1v) is 6.63. The predicted octanol–water partition coefficient (Wildman–Crippen LogP) is 1.99. The summed E-state index contributed by atoms with van der Waals surface area (Å²) in [6, 6.07) is 8.73. The zero-order valence-corrected chi connectivity index (χ0v) is 11.9. The zero-order valence-electron chi connectivity index (χ0n) is 11.9. The van der Waals surface area contributed by atoms with Gasteiger partial charge in [-0.25, -0.2) is 9.97 Å². The number of nitrogens with two attached hydrogens (primary N) is 2. The molecule has 6 heteroatoms. The number of nitrogens with zero attached hydrogens (tertiary/aromatic N) is 2. The van der Waals surface area contributed by atoms with Crippen molar-refractivity contribution in [2.24, 2.45) is 5.73 Å². The van der Waals surface area contributed by atoms with Gasteiger partial charge in [0.1, 0.15) is 5.75 Å². The topological polar surface area (TPSA) is 115 Å². The Bertz CT molecular complexity index is 906. The summed E-state index contributed by atoms with van der Waals surface area (Å²) in [6.07, 6.45) is 1.59. The highest BCUT2D eigenvalue weighted by molar-refractivity contribution is 6.02. The molecular weight excluding hydrogens is 280 g/mol. The summed E-state index contributed by atoms with van der Waals surface area (Å²) in [6.45, 7) is 1.82. The summed E-state index contributed by atoms with van der Waals surface area (Å²) >= 11 is 0. The highest BCUT2D eigenvalue weighted by Crippen LogP contribution is 2.33. The van der Waals surface area contributed by atoms with E-state index in [-0.39, 0.29) is 17.1 Å². The van der Waals surface area contributed by atoms with Crippen molar-refractivity contribution in [3.8, 4) is 16.9 Å². The van der Waals surface area contributed by atoms with Gasteiger partial charge in [0, 0.05) is 11.6 Å². The smallest absolute Gasteiger partial charge is 0.269 e. The minimum absolute atomic E-state index is 0.00443. The van der Waals surface area contributed by atoms with Crippen molar-refractivity contribution in [2.45, 2.75) is 6.92 Å². The number of aromatic nitrogens is 2. The first-order chi connectivity index (χ1) is 10.5. The van der Waals surface area contributed by atoms with Gasteiger partial charge in [0.15, 0.2) is 11.3 Å². The molecule has 2 heterocycles. The maximum atomic E-state index is 11.3. The monoisotopic (exact) mass is 294 g/mol. The number of hydrogen-bond donors (Lipinski definition) is 3. The maximum absolute atomic E-state index is 11.3. The second-order valence-corrected chi connectivity index (χ2v) is 4.97. The lowest BCUT2D eigenvalue weighted by Crippen LogP contribution is -2.16. The number of rotatable bonds is 2. The molecule has 0 bridgehead atoms. The van der Waals surface area contributed by atoms with E-state index in [1.165, 1.54) is 0 Å². The van der Waals surface area contributed by atoms with Gasteiger partial charge >= 0.3 is 0 Å². The number of anilines is 1. The van der Waals surface area contributed by atoms with Crippen LogP contribution in [-0.4, -0.2) is 21.0 Å². The van der Waals surface area contributed by atoms with E-state index in [4.69, 9.17) is 11.5 Å². The molecule has 1 aromatic carbocycles. The molecule has 5 N–H and O–H groups in total. The number of benzene rings is 1. The Labute approximate surface area is 126 Å². The van der Waals surface area contributed by atoms with Crippen molar-refractivity contribution in [1.82, 2.24) is 9.97 Å². The fourth-order valence-electron chi connectivity index (χ4n) is 2.44. The van der Waals surface area contributed by atoms with E-state index in [9.17, 15) is 9.90 Å². The molecule has 3 aromatic rings. The lowest BCUT2D eigenvalue weighted by molar-refractivity contribution is 0.0997. The molecule has 0 radical (unpaired) electrons. The number of fused-ring (bicyclic) bond motifs is 1. The Morgan fingerprint density at radius 3 is 2.73 bits per heavy atom.